The number of nitrogens with zero attached hydrogens (tertiary/aromatic N) is 2. The van der Waals surface area contributed by atoms with Crippen LogP contribution in [0.15, 0.2) is 35.5 Å². The number of piperidine rings is 2. The molecule has 0 aromatic heterocycles. The number of hydrogen-bond donors (Lipinski definition) is 1. The molecule has 1 aromatic rings. The monoisotopic (exact) mass is 331 g/mol. The minimum absolute atomic E-state index is 0.0605. The molecule has 1 N–H and O–H groups in total. The molecule has 2 bridgehead atoms. The fourth-order valence-electron chi connectivity index (χ4n) is 3.20. The molecule has 2 atom stereocenters. The number of carbonyl (C=O) groups excluding carboxylic acids is 2. The molecular weight excluding hydrogens is 310 g/mol. The summed E-state index contributed by atoms with van der Waals surface area (Å²) < 4.78 is 5.42. The van der Waals surface area contributed by atoms with Crippen LogP contribution in [0.4, 0.5) is 9.59 Å². The fraction of sp³-hybridized carbons (Fsp3) is 0.471. The lowest BCUT2D eigenvalue weighted by Crippen LogP contribution is -2.54. The molecule has 1 aromatic carbocycles. The summed E-state index contributed by atoms with van der Waals surface area (Å²) in [6.07, 6.45) is 1.62. The second-order valence-electron chi connectivity index (χ2n) is 6.04. The Morgan fingerprint density at radius 3 is 2.75 bits per heavy atom. The van der Waals surface area contributed by atoms with Gasteiger partial charge in [0.2, 0.25) is 0 Å². The first kappa shape index (κ1) is 16.3. The van der Waals surface area contributed by atoms with Gasteiger partial charge in [-0.25, -0.2) is 9.59 Å². The summed E-state index contributed by atoms with van der Waals surface area (Å²) in [6.45, 7) is 0.836. The van der Waals surface area contributed by atoms with Crippen LogP contribution in [0, 0.1) is 5.92 Å². The van der Waals surface area contributed by atoms with E-state index in [2.05, 4.69) is 10.5 Å². The quantitative estimate of drug-likeness (QED) is 0.682. The summed E-state index contributed by atoms with van der Waals surface area (Å²) in [4.78, 5) is 30.0. The van der Waals surface area contributed by atoms with Crippen molar-refractivity contribution in [2.45, 2.75) is 31.9 Å². The third kappa shape index (κ3) is 3.67. The summed E-state index contributed by atoms with van der Waals surface area (Å²) in [6, 6.07) is 9.68. The van der Waals surface area contributed by atoms with Crippen molar-refractivity contribution >= 4 is 17.9 Å². The van der Waals surface area contributed by atoms with Crippen LogP contribution in [-0.4, -0.2) is 42.4 Å². The van der Waals surface area contributed by atoms with Gasteiger partial charge in [-0.1, -0.05) is 35.5 Å². The molecule has 128 valence electrons. The van der Waals surface area contributed by atoms with Crippen molar-refractivity contribution in [3.8, 4) is 0 Å². The summed E-state index contributed by atoms with van der Waals surface area (Å²) >= 11 is 0. The van der Waals surface area contributed by atoms with Gasteiger partial charge in [-0.15, -0.1) is 0 Å². The molecule has 1 aliphatic carbocycles. The fourth-order valence-corrected chi connectivity index (χ4v) is 3.20. The van der Waals surface area contributed by atoms with E-state index < -0.39 is 6.09 Å². The minimum Gasteiger partial charge on any atom is -0.445 e. The van der Waals surface area contributed by atoms with Crippen LogP contribution in [-0.2, 0) is 16.2 Å². The highest BCUT2D eigenvalue weighted by molar-refractivity contribution is 5.90. The SMILES string of the molecule is CNC(=O)ON=C1CC2CCC1CN2C(=O)OCc1ccccc1. The molecule has 1 saturated carbocycles. The second-order valence-corrected chi connectivity index (χ2v) is 6.04. The van der Waals surface area contributed by atoms with Gasteiger partial charge in [0.05, 0.1) is 5.71 Å². The third-order valence-corrected chi connectivity index (χ3v) is 4.51. The van der Waals surface area contributed by atoms with Crippen LogP contribution < -0.4 is 5.32 Å². The molecule has 0 spiro atoms. The molecule has 4 rings (SSSR count). The molecule has 3 aliphatic rings. The third-order valence-electron chi connectivity index (χ3n) is 4.51. The van der Waals surface area contributed by atoms with E-state index in [-0.39, 0.29) is 24.7 Å². The van der Waals surface area contributed by atoms with Crippen LogP contribution in [0.1, 0.15) is 24.8 Å². The van der Waals surface area contributed by atoms with E-state index in [1.165, 1.54) is 7.05 Å². The first-order valence-electron chi connectivity index (χ1n) is 8.10. The Balaban J connectivity index is 1.56. The minimum atomic E-state index is -0.580. The highest BCUT2D eigenvalue weighted by Gasteiger charge is 2.41. The van der Waals surface area contributed by atoms with Gasteiger partial charge in [0.15, 0.2) is 0 Å². The Kier molecular flexibility index (Phi) is 4.98. The van der Waals surface area contributed by atoms with E-state index in [9.17, 15) is 9.59 Å². The normalized spacial score (nSPS) is 23.9. The number of fused-ring (bicyclic) bond motifs is 3. The number of nitrogens with one attached hydrogen (secondary N) is 1. The van der Waals surface area contributed by atoms with Gasteiger partial charge < -0.3 is 15.0 Å². The van der Waals surface area contributed by atoms with E-state index in [0.717, 1.165) is 24.1 Å². The summed E-state index contributed by atoms with van der Waals surface area (Å²) in [5.74, 6) is 0.129. The summed E-state index contributed by atoms with van der Waals surface area (Å²) in [7, 11) is 1.49. The second kappa shape index (κ2) is 7.33. The lowest BCUT2D eigenvalue weighted by atomic mass is 9.78. The number of carbonyl (C=O) groups is 2. The Morgan fingerprint density at radius 1 is 1.29 bits per heavy atom. The lowest BCUT2D eigenvalue weighted by Gasteiger charge is -2.44. The Bertz CT molecular complexity index is 632. The molecule has 2 aliphatic heterocycles. The maximum Gasteiger partial charge on any atom is 0.433 e. The standard InChI is InChI=1S/C17H21N3O4/c1-18-16(21)24-19-15-9-14-8-7-13(15)10-20(14)17(22)23-11-12-5-3-2-4-6-12/h2-6,13-14H,7-11H2,1H3,(H,18,21). The van der Waals surface area contributed by atoms with Crippen LogP contribution in [0.3, 0.4) is 0 Å². The first-order valence-corrected chi connectivity index (χ1v) is 8.10. The highest BCUT2D eigenvalue weighted by Crippen LogP contribution is 2.34. The Hall–Kier alpha value is -2.57. The molecule has 0 radical (unpaired) electrons. The van der Waals surface area contributed by atoms with Gasteiger partial charge in [-0.3, -0.25) is 4.84 Å². The van der Waals surface area contributed by atoms with Gasteiger partial charge in [-0.2, -0.15) is 0 Å². The number of ether oxygens (including phenoxy) is 1. The number of amides is 2. The smallest absolute Gasteiger partial charge is 0.433 e. The van der Waals surface area contributed by atoms with Gasteiger partial charge in [-0.05, 0) is 18.4 Å². The zero-order valence-corrected chi connectivity index (χ0v) is 13.6. The van der Waals surface area contributed by atoms with E-state index >= 15 is 0 Å². The molecule has 7 heteroatoms. The van der Waals surface area contributed by atoms with Crippen molar-refractivity contribution in [1.82, 2.24) is 10.2 Å². The number of benzene rings is 1. The van der Waals surface area contributed by atoms with E-state index in [4.69, 9.17) is 9.57 Å². The highest BCUT2D eigenvalue weighted by atomic mass is 16.7. The molecule has 2 unspecified atom stereocenters. The topological polar surface area (TPSA) is 80.2 Å². The van der Waals surface area contributed by atoms with E-state index in [1.54, 1.807) is 4.90 Å². The van der Waals surface area contributed by atoms with Crippen molar-refractivity contribution in [3.63, 3.8) is 0 Å². The maximum absolute atomic E-state index is 12.3. The van der Waals surface area contributed by atoms with Gasteiger partial charge in [0.1, 0.15) is 6.61 Å². The van der Waals surface area contributed by atoms with E-state index in [0.29, 0.717) is 13.0 Å². The first-order chi connectivity index (χ1) is 11.7. The van der Waals surface area contributed by atoms with E-state index in [1.807, 2.05) is 30.3 Å². The molecule has 7 nitrogen and oxygen atoms in total. The van der Waals surface area contributed by atoms with Gasteiger partial charge >= 0.3 is 12.2 Å². The molecule has 3 fully saturated rings. The zero-order chi connectivity index (χ0) is 16.9. The van der Waals surface area contributed by atoms with Crippen molar-refractivity contribution < 1.29 is 19.2 Å². The van der Waals surface area contributed by atoms with Gasteiger partial charge in [0.25, 0.3) is 0 Å². The molecular formula is C17H21N3O4. The van der Waals surface area contributed by atoms with Crippen LogP contribution in [0.25, 0.3) is 0 Å². The summed E-state index contributed by atoms with van der Waals surface area (Å²) in [5, 5.41) is 6.30. The van der Waals surface area contributed by atoms with Crippen LogP contribution in [0.5, 0.6) is 0 Å². The summed E-state index contributed by atoms with van der Waals surface area (Å²) in [5.41, 5.74) is 1.82. The average molecular weight is 331 g/mol. The number of rotatable bonds is 3. The van der Waals surface area contributed by atoms with Crippen LogP contribution in [0.2, 0.25) is 0 Å². The molecule has 24 heavy (non-hydrogen) atoms. The lowest BCUT2D eigenvalue weighted by molar-refractivity contribution is 0.0539. The number of hydrogen-bond acceptors (Lipinski definition) is 5. The average Bonchev–Trinajstić information content (AvgIpc) is 2.65. The van der Waals surface area contributed by atoms with Crippen molar-refractivity contribution in [2.75, 3.05) is 13.6 Å². The predicted octanol–water partition coefficient (Wildman–Crippen LogP) is 2.52. The Labute approximate surface area is 140 Å². The van der Waals surface area contributed by atoms with Crippen LogP contribution >= 0.6 is 0 Å². The zero-order valence-electron chi connectivity index (χ0n) is 13.6. The molecule has 2 heterocycles. The van der Waals surface area contributed by atoms with Crippen molar-refractivity contribution in [3.05, 3.63) is 35.9 Å². The largest absolute Gasteiger partial charge is 0.445 e. The number of oxime groups is 1. The molecule has 2 amide bonds. The van der Waals surface area contributed by atoms with Crippen molar-refractivity contribution in [1.29, 1.82) is 0 Å². The van der Waals surface area contributed by atoms with Crippen molar-refractivity contribution in [2.24, 2.45) is 11.1 Å². The predicted molar refractivity (Wildman–Crippen MR) is 87.4 cm³/mol. The van der Waals surface area contributed by atoms with Gasteiger partial charge in [0, 0.05) is 32.0 Å². The Morgan fingerprint density at radius 2 is 2.08 bits per heavy atom. The maximum atomic E-state index is 12.3. The molecule has 2 saturated heterocycles.